The summed E-state index contributed by atoms with van der Waals surface area (Å²) in [4.78, 5) is 2.63. The summed E-state index contributed by atoms with van der Waals surface area (Å²) in [6.07, 6.45) is 5.65. The van der Waals surface area contributed by atoms with Crippen molar-refractivity contribution in [1.29, 1.82) is 0 Å². The molecule has 1 aliphatic rings. The van der Waals surface area contributed by atoms with Gasteiger partial charge in [0.2, 0.25) is 0 Å². The highest BCUT2D eigenvalue weighted by Gasteiger charge is 2.41. The molecule has 4 nitrogen and oxygen atoms in total. The molecule has 2 atom stereocenters. The van der Waals surface area contributed by atoms with E-state index < -0.39 is 0 Å². The summed E-state index contributed by atoms with van der Waals surface area (Å²) < 4.78 is 3.07. The summed E-state index contributed by atoms with van der Waals surface area (Å²) in [5.74, 6) is 0. The Morgan fingerprint density at radius 1 is 1.47 bits per heavy atom. The topological polar surface area (TPSA) is 33.1 Å². The van der Waals surface area contributed by atoms with Crippen LogP contribution in [0.4, 0.5) is 0 Å². The van der Waals surface area contributed by atoms with Crippen molar-refractivity contribution in [1.82, 2.24) is 20.0 Å². The number of aromatic nitrogens is 2. The molecule has 0 bridgehead atoms. The van der Waals surface area contributed by atoms with Crippen LogP contribution in [0.5, 0.6) is 0 Å². The van der Waals surface area contributed by atoms with Gasteiger partial charge >= 0.3 is 0 Å². The average Bonchev–Trinajstić information content (AvgIpc) is 3.04. The van der Waals surface area contributed by atoms with Crippen molar-refractivity contribution in [2.24, 2.45) is 7.05 Å². The van der Waals surface area contributed by atoms with Gasteiger partial charge in [-0.25, -0.2) is 0 Å². The molecule has 0 aromatic carbocycles. The normalized spacial score (nSPS) is 21.5. The van der Waals surface area contributed by atoms with Gasteiger partial charge in [-0.3, -0.25) is 9.58 Å². The quantitative estimate of drug-likeness (QED) is 0.902. The average molecular weight is 329 g/mol. The van der Waals surface area contributed by atoms with Crippen LogP contribution in [0.2, 0.25) is 0 Å². The lowest BCUT2D eigenvalue weighted by Gasteiger charge is -2.44. The zero-order valence-electron chi connectivity index (χ0n) is 12.4. The first-order valence-corrected chi connectivity index (χ1v) is 7.93. The van der Waals surface area contributed by atoms with Crippen LogP contribution in [0.25, 0.3) is 0 Å². The van der Waals surface area contributed by atoms with Gasteiger partial charge in [-0.05, 0) is 62.3 Å². The monoisotopic (exact) mass is 328 g/mol. The molecule has 1 saturated heterocycles. The van der Waals surface area contributed by atoms with Gasteiger partial charge in [0.05, 0.1) is 22.4 Å². The Hall–Kier alpha value is -0.390. The molecule has 2 rings (SSSR count). The Labute approximate surface area is 124 Å². The zero-order chi connectivity index (χ0) is 14.0. The first-order valence-electron chi connectivity index (χ1n) is 7.14. The van der Waals surface area contributed by atoms with Crippen molar-refractivity contribution in [3.05, 3.63) is 16.4 Å². The summed E-state index contributed by atoms with van der Waals surface area (Å²) in [6, 6.07) is 0.275. The van der Waals surface area contributed by atoms with Crippen LogP contribution >= 0.6 is 15.9 Å². The van der Waals surface area contributed by atoms with Crippen LogP contribution in [0.1, 0.15) is 44.8 Å². The van der Waals surface area contributed by atoms with Crippen molar-refractivity contribution in [3.8, 4) is 0 Å². The van der Waals surface area contributed by atoms with Gasteiger partial charge in [-0.1, -0.05) is 6.92 Å². The van der Waals surface area contributed by atoms with Gasteiger partial charge < -0.3 is 5.32 Å². The van der Waals surface area contributed by atoms with Gasteiger partial charge in [0.1, 0.15) is 0 Å². The number of nitrogens with zero attached hydrogens (tertiary/aromatic N) is 3. The smallest absolute Gasteiger partial charge is 0.0711 e. The van der Waals surface area contributed by atoms with E-state index in [2.05, 4.69) is 45.1 Å². The lowest BCUT2D eigenvalue weighted by molar-refractivity contribution is 0.0837. The van der Waals surface area contributed by atoms with E-state index in [0.717, 1.165) is 10.9 Å². The third kappa shape index (κ3) is 2.60. The van der Waals surface area contributed by atoms with Crippen molar-refractivity contribution in [2.75, 3.05) is 20.1 Å². The van der Waals surface area contributed by atoms with Crippen molar-refractivity contribution in [2.45, 2.75) is 44.7 Å². The summed E-state index contributed by atoms with van der Waals surface area (Å²) >= 11 is 3.65. The van der Waals surface area contributed by atoms with E-state index in [-0.39, 0.29) is 11.6 Å². The Morgan fingerprint density at radius 3 is 2.53 bits per heavy atom. The molecule has 0 radical (unpaired) electrons. The second-order valence-corrected chi connectivity index (χ2v) is 6.48. The number of likely N-dealkylation sites (tertiary alicyclic amines) is 1. The number of hydrogen-bond donors (Lipinski definition) is 1. The number of hydrogen-bond acceptors (Lipinski definition) is 3. The highest BCUT2D eigenvalue weighted by atomic mass is 79.9. The molecule has 5 heteroatoms. The Kier molecular flexibility index (Phi) is 4.69. The number of rotatable bonds is 5. The van der Waals surface area contributed by atoms with Crippen LogP contribution in [-0.2, 0) is 7.05 Å². The zero-order valence-corrected chi connectivity index (χ0v) is 14.0. The van der Waals surface area contributed by atoms with Crippen LogP contribution in [-0.4, -0.2) is 40.4 Å². The van der Waals surface area contributed by atoms with Gasteiger partial charge in [0.25, 0.3) is 0 Å². The highest BCUT2D eigenvalue weighted by Crippen LogP contribution is 2.38. The maximum absolute atomic E-state index is 4.37. The number of halogens is 1. The third-order valence-corrected chi connectivity index (χ3v) is 5.28. The van der Waals surface area contributed by atoms with Gasteiger partial charge in [0.15, 0.2) is 0 Å². The molecule has 1 fully saturated rings. The first kappa shape index (κ1) is 15.0. The predicted molar refractivity (Wildman–Crippen MR) is 82.2 cm³/mol. The lowest BCUT2D eigenvalue weighted by Crippen LogP contribution is -2.53. The number of aryl methyl sites for hydroxylation is 1. The van der Waals surface area contributed by atoms with Crippen molar-refractivity contribution >= 4 is 15.9 Å². The maximum Gasteiger partial charge on any atom is 0.0711 e. The predicted octanol–water partition coefficient (Wildman–Crippen LogP) is 2.71. The molecular weight excluding hydrogens is 304 g/mol. The molecule has 0 amide bonds. The van der Waals surface area contributed by atoms with E-state index in [0.29, 0.717) is 0 Å². The third-order valence-electron chi connectivity index (χ3n) is 4.67. The molecule has 2 unspecified atom stereocenters. The SMILES string of the molecule is CCC(C)(C(NC)c1c(Br)cnn1C)N1CCCC1. The fourth-order valence-electron chi connectivity index (χ4n) is 3.33. The van der Waals surface area contributed by atoms with Crippen LogP contribution in [0, 0.1) is 0 Å². The molecule has 1 aromatic rings. The summed E-state index contributed by atoms with van der Waals surface area (Å²) in [7, 11) is 4.07. The molecule has 1 N–H and O–H groups in total. The summed E-state index contributed by atoms with van der Waals surface area (Å²) in [5.41, 5.74) is 1.36. The van der Waals surface area contributed by atoms with E-state index in [1.165, 1.54) is 31.6 Å². The molecule has 1 aromatic heterocycles. The minimum Gasteiger partial charge on any atom is -0.310 e. The van der Waals surface area contributed by atoms with E-state index in [1.807, 2.05) is 25.0 Å². The molecule has 0 aliphatic carbocycles. The van der Waals surface area contributed by atoms with E-state index >= 15 is 0 Å². The summed E-state index contributed by atoms with van der Waals surface area (Å²) in [6.45, 7) is 7.07. The van der Waals surface area contributed by atoms with Crippen LogP contribution in [0.3, 0.4) is 0 Å². The van der Waals surface area contributed by atoms with Gasteiger partial charge in [0, 0.05) is 12.6 Å². The van der Waals surface area contributed by atoms with Crippen molar-refractivity contribution < 1.29 is 0 Å². The second kappa shape index (κ2) is 5.94. The number of likely N-dealkylation sites (N-methyl/N-ethyl adjacent to an activating group) is 1. The molecule has 0 saturated carbocycles. The van der Waals surface area contributed by atoms with E-state index in [9.17, 15) is 0 Å². The minimum atomic E-state index is 0.127. The summed E-state index contributed by atoms with van der Waals surface area (Å²) in [5, 5.41) is 7.89. The molecular formula is C14H25BrN4. The lowest BCUT2D eigenvalue weighted by atomic mass is 9.85. The fraction of sp³-hybridized carbons (Fsp3) is 0.786. The minimum absolute atomic E-state index is 0.127. The van der Waals surface area contributed by atoms with E-state index in [4.69, 9.17) is 0 Å². The Morgan fingerprint density at radius 2 is 2.11 bits per heavy atom. The molecule has 1 aliphatic heterocycles. The molecule has 0 spiro atoms. The molecule has 19 heavy (non-hydrogen) atoms. The molecule has 2 heterocycles. The maximum atomic E-state index is 4.37. The molecule has 108 valence electrons. The largest absolute Gasteiger partial charge is 0.310 e. The standard InChI is InChI=1S/C14H25BrN4/c1-5-14(2,19-8-6-7-9-19)13(16-3)12-11(15)10-17-18(12)4/h10,13,16H,5-9H2,1-4H3. The second-order valence-electron chi connectivity index (χ2n) is 5.63. The van der Waals surface area contributed by atoms with Gasteiger partial charge in [-0.15, -0.1) is 0 Å². The van der Waals surface area contributed by atoms with Gasteiger partial charge in [-0.2, -0.15) is 5.10 Å². The fourth-order valence-corrected chi connectivity index (χ4v) is 3.90. The highest BCUT2D eigenvalue weighted by molar-refractivity contribution is 9.10. The van der Waals surface area contributed by atoms with Crippen LogP contribution < -0.4 is 5.32 Å². The first-order chi connectivity index (χ1) is 9.04. The van der Waals surface area contributed by atoms with E-state index in [1.54, 1.807) is 0 Å². The number of nitrogens with one attached hydrogen (secondary N) is 1. The Bertz CT molecular complexity index is 406. The van der Waals surface area contributed by atoms with Crippen LogP contribution in [0.15, 0.2) is 10.7 Å². The van der Waals surface area contributed by atoms with Crippen molar-refractivity contribution in [3.63, 3.8) is 0 Å². The Balaban J connectivity index is 2.38.